The van der Waals surface area contributed by atoms with Gasteiger partial charge in [-0.05, 0) is 24.3 Å². The number of nitrogen functional groups attached to an aromatic ring is 1. The van der Waals surface area contributed by atoms with Crippen LogP contribution in [0.1, 0.15) is 13.8 Å². The zero-order chi connectivity index (χ0) is 12.7. The first-order chi connectivity index (χ1) is 8.29. The van der Waals surface area contributed by atoms with Gasteiger partial charge >= 0.3 is 0 Å². The maximum absolute atomic E-state index is 5.67. The lowest BCUT2D eigenvalue weighted by atomic mass is 9.95. The summed E-state index contributed by atoms with van der Waals surface area (Å²) < 4.78 is 0. The molecule has 1 aliphatic heterocycles. The first-order valence-corrected chi connectivity index (χ1v) is 6.43. The van der Waals surface area contributed by atoms with Crippen molar-refractivity contribution in [1.29, 1.82) is 0 Å². The fourth-order valence-electron chi connectivity index (χ4n) is 1.92. The number of hydrogen-bond donors (Lipinski definition) is 1. The van der Waals surface area contributed by atoms with E-state index in [1.165, 1.54) is 5.69 Å². The molecule has 1 radical (unpaired) electrons. The molecule has 17 heavy (non-hydrogen) atoms. The summed E-state index contributed by atoms with van der Waals surface area (Å²) in [5.41, 5.74) is 7.78. The highest BCUT2D eigenvalue weighted by atomic mass is 15.2. The highest BCUT2D eigenvalue weighted by Gasteiger charge is 2.15. The van der Waals surface area contributed by atoms with Gasteiger partial charge in [-0.15, -0.1) is 0 Å². The van der Waals surface area contributed by atoms with Crippen LogP contribution in [0.3, 0.4) is 0 Å². The molecule has 93 valence electrons. The Kier molecular flexibility index (Phi) is 5.91. The van der Waals surface area contributed by atoms with Crippen LogP contribution < -0.4 is 10.6 Å². The van der Waals surface area contributed by atoms with E-state index in [0.717, 1.165) is 31.9 Å². The molecule has 1 aromatic rings. The minimum Gasteiger partial charge on any atom is -0.399 e. The van der Waals surface area contributed by atoms with Crippen molar-refractivity contribution in [2.75, 3.05) is 36.8 Å². The van der Waals surface area contributed by atoms with Gasteiger partial charge in [-0.3, -0.25) is 0 Å². The molecule has 0 spiro atoms. The number of rotatable bonds is 2. The third kappa shape index (κ3) is 3.97. The number of piperazine rings is 1. The van der Waals surface area contributed by atoms with E-state index >= 15 is 0 Å². The quantitative estimate of drug-likeness (QED) is 0.626. The van der Waals surface area contributed by atoms with E-state index < -0.39 is 0 Å². The zero-order valence-corrected chi connectivity index (χ0v) is 11.2. The Hall–Kier alpha value is -1.16. The SMILES string of the molecule is CC.C[B]N1CCN(c2ccc(N)cc2)CC1. The predicted molar refractivity (Wildman–Crippen MR) is 77.6 cm³/mol. The molecular formula is C13H23BN3. The van der Waals surface area contributed by atoms with Gasteiger partial charge in [-0.1, -0.05) is 20.7 Å². The summed E-state index contributed by atoms with van der Waals surface area (Å²) in [6, 6.07) is 8.13. The molecule has 0 aromatic heterocycles. The fraction of sp³-hybridized carbons (Fsp3) is 0.538. The molecule has 1 aromatic carbocycles. The van der Waals surface area contributed by atoms with Crippen molar-refractivity contribution in [3.8, 4) is 0 Å². The average molecular weight is 232 g/mol. The van der Waals surface area contributed by atoms with Gasteiger partial charge in [-0.25, -0.2) is 0 Å². The predicted octanol–water partition coefficient (Wildman–Crippen LogP) is 2.08. The van der Waals surface area contributed by atoms with Crippen LogP contribution in [0.25, 0.3) is 0 Å². The second kappa shape index (κ2) is 7.23. The van der Waals surface area contributed by atoms with Crippen LogP contribution in [0, 0.1) is 0 Å². The van der Waals surface area contributed by atoms with Gasteiger partial charge in [0.15, 0.2) is 0 Å². The monoisotopic (exact) mass is 232 g/mol. The normalized spacial score (nSPS) is 16.1. The Bertz CT molecular complexity index is 305. The van der Waals surface area contributed by atoms with Crippen LogP contribution in [0.15, 0.2) is 24.3 Å². The number of nitrogens with zero attached hydrogens (tertiary/aromatic N) is 2. The topological polar surface area (TPSA) is 32.5 Å². The molecule has 0 atom stereocenters. The van der Waals surface area contributed by atoms with Crippen molar-refractivity contribution in [2.24, 2.45) is 0 Å². The smallest absolute Gasteiger partial charge is 0.205 e. The summed E-state index contributed by atoms with van der Waals surface area (Å²) in [5.74, 6) is 0. The van der Waals surface area contributed by atoms with Gasteiger partial charge in [0.25, 0.3) is 0 Å². The molecule has 2 rings (SSSR count). The fourth-order valence-corrected chi connectivity index (χ4v) is 1.92. The van der Waals surface area contributed by atoms with E-state index in [1.54, 1.807) is 0 Å². The van der Waals surface area contributed by atoms with Crippen LogP contribution >= 0.6 is 0 Å². The van der Waals surface area contributed by atoms with Crippen molar-refractivity contribution in [3.05, 3.63) is 24.3 Å². The van der Waals surface area contributed by atoms with Gasteiger partial charge < -0.3 is 15.4 Å². The Morgan fingerprint density at radius 1 is 1.00 bits per heavy atom. The number of hydrogen-bond acceptors (Lipinski definition) is 3. The molecular weight excluding hydrogens is 209 g/mol. The Balaban J connectivity index is 0.000000686. The van der Waals surface area contributed by atoms with Crippen molar-refractivity contribution >= 4 is 18.8 Å². The van der Waals surface area contributed by atoms with Crippen LogP contribution in [-0.4, -0.2) is 38.4 Å². The molecule has 0 saturated carbocycles. The molecule has 0 amide bonds. The standard InChI is InChI=1S/C11H17BN3.C2H6/c1-12-15-8-6-14(7-9-15)11-4-2-10(13)3-5-11;1-2/h2-5H,6-9,13H2,1H3;1-2H3. The molecule has 1 fully saturated rings. The lowest BCUT2D eigenvalue weighted by Gasteiger charge is -2.35. The van der Waals surface area contributed by atoms with Crippen LogP contribution in [0.2, 0.25) is 6.82 Å². The number of benzene rings is 1. The van der Waals surface area contributed by atoms with Gasteiger partial charge in [-0.2, -0.15) is 0 Å². The van der Waals surface area contributed by atoms with Crippen molar-refractivity contribution in [1.82, 2.24) is 4.81 Å². The summed E-state index contributed by atoms with van der Waals surface area (Å²) in [5, 5.41) is 0. The summed E-state index contributed by atoms with van der Waals surface area (Å²) in [6.45, 7) is 10.5. The van der Waals surface area contributed by atoms with Crippen LogP contribution in [0.5, 0.6) is 0 Å². The van der Waals surface area contributed by atoms with E-state index in [2.05, 4.69) is 36.1 Å². The van der Waals surface area contributed by atoms with Crippen LogP contribution in [-0.2, 0) is 0 Å². The largest absolute Gasteiger partial charge is 0.399 e. The second-order valence-electron chi connectivity index (χ2n) is 3.87. The van der Waals surface area contributed by atoms with E-state index in [9.17, 15) is 0 Å². The maximum atomic E-state index is 5.67. The third-order valence-electron chi connectivity index (χ3n) is 2.94. The van der Waals surface area contributed by atoms with Gasteiger partial charge in [0.05, 0.1) is 0 Å². The number of nitrogens with two attached hydrogens (primary N) is 1. The molecule has 3 nitrogen and oxygen atoms in total. The zero-order valence-electron chi connectivity index (χ0n) is 11.2. The second-order valence-corrected chi connectivity index (χ2v) is 3.87. The third-order valence-corrected chi connectivity index (χ3v) is 2.94. The van der Waals surface area contributed by atoms with E-state index in [0.29, 0.717) is 0 Å². The molecule has 0 bridgehead atoms. The summed E-state index contributed by atoms with van der Waals surface area (Å²) in [4.78, 5) is 4.76. The van der Waals surface area contributed by atoms with Crippen molar-refractivity contribution in [3.63, 3.8) is 0 Å². The molecule has 2 N–H and O–H groups in total. The van der Waals surface area contributed by atoms with Gasteiger partial charge in [0, 0.05) is 37.6 Å². The molecule has 1 heterocycles. The summed E-state index contributed by atoms with van der Waals surface area (Å²) >= 11 is 0. The lowest BCUT2D eigenvalue weighted by molar-refractivity contribution is 0.408. The van der Waals surface area contributed by atoms with Gasteiger partial charge in [0.2, 0.25) is 7.41 Å². The lowest BCUT2D eigenvalue weighted by Crippen LogP contribution is -2.47. The Morgan fingerprint density at radius 2 is 1.53 bits per heavy atom. The molecule has 1 aliphatic rings. The van der Waals surface area contributed by atoms with Crippen LogP contribution in [0.4, 0.5) is 11.4 Å². The molecule has 4 heteroatoms. The number of anilines is 2. The first-order valence-electron chi connectivity index (χ1n) is 6.43. The first kappa shape index (κ1) is 13.9. The summed E-state index contributed by atoms with van der Waals surface area (Å²) in [6.07, 6.45) is 0. The minimum atomic E-state index is 0.833. The minimum absolute atomic E-state index is 0.833. The maximum Gasteiger partial charge on any atom is 0.205 e. The Labute approximate surface area is 106 Å². The van der Waals surface area contributed by atoms with Gasteiger partial charge in [0.1, 0.15) is 0 Å². The van der Waals surface area contributed by atoms with E-state index in [-0.39, 0.29) is 0 Å². The van der Waals surface area contributed by atoms with Crippen molar-refractivity contribution < 1.29 is 0 Å². The summed E-state index contributed by atoms with van der Waals surface area (Å²) in [7, 11) is 2.17. The molecule has 0 unspecified atom stereocenters. The van der Waals surface area contributed by atoms with Crippen molar-refractivity contribution in [2.45, 2.75) is 20.7 Å². The molecule has 1 saturated heterocycles. The molecule has 0 aliphatic carbocycles. The van der Waals surface area contributed by atoms with E-state index in [4.69, 9.17) is 5.73 Å². The van der Waals surface area contributed by atoms with E-state index in [1.807, 2.05) is 26.0 Å². The average Bonchev–Trinajstić information content (AvgIpc) is 2.42. The highest BCUT2D eigenvalue weighted by molar-refractivity contribution is 6.29. The highest BCUT2D eigenvalue weighted by Crippen LogP contribution is 2.17. The Morgan fingerprint density at radius 3 is 2.00 bits per heavy atom.